The molecule has 102 valence electrons. The van der Waals surface area contributed by atoms with Gasteiger partial charge in [0.2, 0.25) is 0 Å². The Morgan fingerprint density at radius 2 is 1.88 bits per heavy atom. The second-order valence-corrected chi connectivity index (χ2v) is 6.60. The SMILES string of the molecule is CC(C)CCN1CC(CC(C)C)NCCC1C. The summed E-state index contributed by atoms with van der Waals surface area (Å²) < 4.78 is 0. The predicted molar refractivity (Wildman–Crippen MR) is 76.4 cm³/mol. The van der Waals surface area contributed by atoms with Crippen molar-refractivity contribution in [3.63, 3.8) is 0 Å². The average molecular weight is 240 g/mol. The topological polar surface area (TPSA) is 15.3 Å². The van der Waals surface area contributed by atoms with Crippen LogP contribution in [0.5, 0.6) is 0 Å². The second-order valence-electron chi connectivity index (χ2n) is 6.60. The van der Waals surface area contributed by atoms with Gasteiger partial charge >= 0.3 is 0 Å². The molecule has 0 aromatic rings. The lowest BCUT2D eigenvalue weighted by Gasteiger charge is -2.30. The molecule has 1 aliphatic heterocycles. The van der Waals surface area contributed by atoms with Gasteiger partial charge in [-0.15, -0.1) is 0 Å². The normalized spacial score (nSPS) is 27.7. The highest BCUT2D eigenvalue weighted by molar-refractivity contribution is 4.81. The number of nitrogens with one attached hydrogen (secondary N) is 1. The molecule has 1 aliphatic rings. The van der Waals surface area contributed by atoms with Crippen molar-refractivity contribution in [2.45, 2.75) is 66.0 Å². The number of hydrogen-bond donors (Lipinski definition) is 1. The molecule has 17 heavy (non-hydrogen) atoms. The van der Waals surface area contributed by atoms with Crippen LogP contribution in [0.25, 0.3) is 0 Å². The van der Waals surface area contributed by atoms with E-state index in [0.717, 1.165) is 17.9 Å². The molecule has 0 saturated carbocycles. The Hall–Kier alpha value is -0.0800. The summed E-state index contributed by atoms with van der Waals surface area (Å²) in [5.74, 6) is 1.62. The van der Waals surface area contributed by atoms with E-state index in [2.05, 4.69) is 44.8 Å². The van der Waals surface area contributed by atoms with Gasteiger partial charge in [-0.3, -0.25) is 4.90 Å². The minimum atomic E-state index is 0.701. The number of hydrogen-bond acceptors (Lipinski definition) is 2. The Balaban J connectivity index is 2.46. The minimum Gasteiger partial charge on any atom is -0.313 e. The molecule has 0 amide bonds. The molecule has 1 fully saturated rings. The Labute approximate surface area is 108 Å². The van der Waals surface area contributed by atoms with Crippen LogP contribution in [-0.4, -0.2) is 36.6 Å². The average Bonchev–Trinajstić information content (AvgIpc) is 2.37. The third-order valence-corrected chi connectivity index (χ3v) is 3.82. The smallest absolute Gasteiger partial charge is 0.0197 e. The third-order valence-electron chi connectivity index (χ3n) is 3.82. The van der Waals surface area contributed by atoms with Gasteiger partial charge in [-0.05, 0) is 51.1 Å². The quantitative estimate of drug-likeness (QED) is 0.794. The van der Waals surface area contributed by atoms with E-state index >= 15 is 0 Å². The maximum atomic E-state index is 3.72. The van der Waals surface area contributed by atoms with Gasteiger partial charge in [0.15, 0.2) is 0 Å². The first-order valence-electron chi connectivity index (χ1n) is 7.46. The standard InChI is InChI=1S/C15H32N2/c1-12(2)7-9-17-11-15(10-13(3)4)16-8-6-14(17)5/h12-16H,6-11H2,1-5H3. The summed E-state index contributed by atoms with van der Waals surface area (Å²) in [5.41, 5.74) is 0. The zero-order valence-corrected chi connectivity index (χ0v) is 12.5. The van der Waals surface area contributed by atoms with Gasteiger partial charge in [0.25, 0.3) is 0 Å². The molecule has 0 radical (unpaired) electrons. The van der Waals surface area contributed by atoms with E-state index in [1.807, 2.05) is 0 Å². The predicted octanol–water partition coefficient (Wildman–Crippen LogP) is 3.13. The molecule has 2 heteroatoms. The molecular weight excluding hydrogens is 208 g/mol. The van der Waals surface area contributed by atoms with Gasteiger partial charge in [-0.1, -0.05) is 27.7 Å². The van der Waals surface area contributed by atoms with Crippen LogP contribution < -0.4 is 5.32 Å². The summed E-state index contributed by atoms with van der Waals surface area (Å²) in [5, 5.41) is 3.72. The van der Waals surface area contributed by atoms with Crippen molar-refractivity contribution in [3.05, 3.63) is 0 Å². The molecule has 1 rings (SSSR count). The highest BCUT2D eigenvalue weighted by atomic mass is 15.2. The van der Waals surface area contributed by atoms with Crippen LogP contribution in [-0.2, 0) is 0 Å². The van der Waals surface area contributed by atoms with Crippen molar-refractivity contribution in [2.24, 2.45) is 11.8 Å². The molecule has 2 atom stereocenters. The van der Waals surface area contributed by atoms with Crippen molar-refractivity contribution in [2.75, 3.05) is 19.6 Å². The van der Waals surface area contributed by atoms with E-state index in [-0.39, 0.29) is 0 Å². The van der Waals surface area contributed by atoms with E-state index in [1.54, 1.807) is 0 Å². The van der Waals surface area contributed by atoms with Gasteiger partial charge < -0.3 is 5.32 Å². The minimum absolute atomic E-state index is 0.701. The van der Waals surface area contributed by atoms with E-state index in [9.17, 15) is 0 Å². The van der Waals surface area contributed by atoms with E-state index in [4.69, 9.17) is 0 Å². The summed E-state index contributed by atoms with van der Waals surface area (Å²) in [6.45, 7) is 15.4. The summed E-state index contributed by atoms with van der Waals surface area (Å²) in [6, 6.07) is 1.45. The Bertz CT molecular complexity index is 201. The Kier molecular flexibility index (Phi) is 6.50. The molecule has 0 aromatic carbocycles. The lowest BCUT2D eigenvalue weighted by atomic mass is 10.0. The van der Waals surface area contributed by atoms with Crippen LogP contribution in [0.15, 0.2) is 0 Å². The van der Waals surface area contributed by atoms with Crippen molar-refractivity contribution >= 4 is 0 Å². The van der Waals surface area contributed by atoms with Crippen LogP contribution in [0.1, 0.15) is 53.9 Å². The summed E-state index contributed by atoms with van der Waals surface area (Å²) in [4.78, 5) is 2.70. The lowest BCUT2D eigenvalue weighted by Crippen LogP contribution is -2.41. The molecule has 2 nitrogen and oxygen atoms in total. The zero-order chi connectivity index (χ0) is 12.8. The first-order chi connectivity index (χ1) is 7.99. The first-order valence-corrected chi connectivity index (χ1v) is 7.46. The monoisotopic (exact) mass is 240 g/mol. The van der Waals surface area contributed by atoms with Gasteiger partial charge in [-0.25, -0.2) is 0 Å². The van der Waals surface area contributed by atoms with Crippen LogP contribution in [0, 0.1) is 11.8 Å². The first kappa shape index (κ1) is 15.0. The highest BCUT2D eigenvalue weighted by Crippen LogP contribution is 2.15. The van der Waals surface area contributed by atoms with Crippen LogP contribution >= 0.6 is 0 Å². The highest BCUT2D eigenvalue weighted by Gasteiger charge is 2.22. The van der Waals surface area contributed by atoms with Gasteiger partial charge in [-0.2, -0.15) is 0 Å². The molecule has 0 aromatic heterocycles. The van der Waals surface area contributed by atoms with Crippen molar-refractivity contribution < 1.29 is 0 Å². The molecule has 1 saturated heterocycles. The number of rotatable bonds is 5. The van der Waals surface area contributed by atoms with Crippen molar-refractivity contribution in [1.29, 1.82) is 0 Å². The fraction of sp³-hybridized carbons (Fsp3) is 1.00. The van der Waals surface area contributed by atoms with Gasteiger partial charge in [0.1, 0.15) is 0 Å². The van der Waals surface area contributed by atoms with E-state index in [0.29, 0.717) is 6.04 Å². The fourth-order valence-corrected chi connectivity index (χ4v) is 2.67. The summed E-state index contributed by atoms with van der Waals surface area (Å²) in [6.07, 6.45) is 3.94. The molecule has 2 unspecified atom stereocenters. The number of nitrogens with zero attached hydrogens (tertiary/aromatic N) is 1. The maximum absolute atomic E-state index is 3.72. The van der Waals surface area contributed by atoms with Crippen molar-refractivity contribution in [3.8, 4) is 0 Å². The van der Waals surface area contributed by atoms with Crippen LogP contribution in [0.4, 0.5) is 0 Å². The van der Waals surface area contributed by atoms with Crippen LogP contribution in [0.3, 0.4) is 0 Å². The van der Waals surface area contributed by atoms with E-state index in [1.165, 1.54) is 38.9 Å². The molecule has 1 N–H and O–H groups in total. The summed E-state index contributed by atoms with van der Waals surface area (Å²) >= 11 is 0. The Morgan fingerprint density at radius 1 is 1.18 bits per heavy atom. The van der Waals surface area contributed by atoms with Gasteiger partial charge in [0, 0.05) is 18.6 Å². The van der Waals surface area contributed by atoms with E-state index < -0.39 is 0 Å². The van der Waals surface area contributed by atoms with Crippen LogP contribution in [0.2, 0.25) is 0 Å². The van der Waals surface area contributed by atoms with Gasteiger partial charge in [0.05, 0.1) is 0 Å². The Morgan fingerprint density at radius 3 is 2.47 bits per heavy atom. The largest absolute Gasteiger partial charge is 0.313 e. The molecule has 1 heterocycles. The molecule has 0 spiro atoms. The fourth-order valence-electron chi connectivity index (χ4n) is 2.67. The molecular formula is C15H32N2. The molecule has 0 aliphatic carbocycles. The van der Waals surface area contributed by atoms with Crippen molar-refractivity contribution in [1.82, 2.24) is 10.2 Å². The zero-order valence-electron chi connectivity index (χ0n) is 12.5. The second kappa shape index (κ2) is 7.38. The maximum Gasteiger partial charge on any atom is 0.0197 e. The summed E-state index contributed by atoms with van der Waals surface area (Å²) in [7, 11) is 0. The lowest BCUT2D eigenvalue weighted by molar-refractivity contribution is 0.188. The third kappa shape index (κ3) is 5.87. The molecule has 0 bridgehead atoms.